The summed E-state index contributed by atoms with van der Waals surface area (Å²) in [6.07, 6.45) is 4.90. The molecule has 38 heavy (non-hydrogen) atoms. The van der Waals surface area contributed by atoms with E-state index in [2.05, 4.69) is 45.3 Å². The third-order valence-electron chi connectivity index (χ3n) is 7.38. The molecule has 0 saturated carbocycles. The van der Waals surface area contributed by atoms with E-state index in [9.17, 15) is 4.79 Å². The van der Waals surface area contributed by atoms with Crippen molar-refractivity contribution in [3.63, 3.8) is 0 Å². The Hall–Kier alpha value is -3.75. The van der Waals surface area contributed by atoms with Gasteiger partial charge in [-0.1, -0.05) is 19.1 Å². The number of H-pyrrole nitrogens is 1. The molecule has 198 valence electrons. The van der Waals surface area contributed by atoms with Gasteiger partial charge < -0.3 is 24.7 Å². The molecule has 1 aliphatic heterocycles. The van der Waals surface area contributed by atoms with Crippen LogP contribution < -0.4 is 15.6 Å². The zero-order chi connectivity index (χ0) is 26.5. The number of likely N-dealkylation sites (tertiary alicyclic amines) is 1. The van der Waals surface area contributed by atoms with Crippen LogP contribution in [-0.4, -0.2) is 60.3 Å². The van der Waals surface area contributed by atoms with Crippen LogP contribution in [0.2, 0.25) is 0 Å². The van der Waals surface area contributed by atoms with Crippen LogP contribution in [0, 0.1) is 0 Å². The van der Waals surface area contributed by atoms with E-state index in [0.29, 0.717) is 34.4 Å². The number of nitrogens with one attached hydrogen (secondary N) is 2. The van der Waals surface area contributed by atoms with Crippen molar-refractivity contribution in [1.29, 1.82) is 0 Å². The Labute approximate surface area is 223 Å². The van der Waals surface area contributed by atoms with E-state index in [1.807, 2.05) is 24.3 Å². The summed E-state index contributed by atoms with van der Waals surface area (Å²) in [5.41, 5.74) is 4.82. The monoisotopic (exact) mass is 513 g/mol. The van der Waals surface area contributed by atoms with Gasteiger partial charge in [0.25, 0.3) is 5.56 Å². The van der Waals surface area contributed by atoms with E-state index in [0.717, 1.165) is 56.6 Å². The first kappa shape index (κ1) is 25.9. The minimum Gasteiger partial charge on any atom is -0.481 e. The highest BCUT2D eigenvalue weighted by atomic mass is 16.5. The smallest absolute Gasteiger partial charge is 0.259 e. The Morgan fingerprint density at radius 3 is 2.66 bits per heavy atom. The third kappa shape index (κ3) is 5.56. The molecule has 0 bridgehead atoms. The normalized spacial score (nSPS) is 14.6. The third-order valence-corrected chi connectivity index (χ3v) is 7.38. The van der Waals surface area contributed by atoms with Crippen LogP contribution in [0.15, 0.2) is 59.5 Å². The molecule has 1 fully saturated rings. The van der Waals surface area contributed by atoms with Crippen molar-refractivity contribution in [3.05, 3.63) is 76.2 Å². The minimum absolute atomic E-state index is 0.185. The molecule has 8 heteroatoms. The number of anilines is 2. The van der Waals surface area contributed by atoms with Crippen molar-refractivity contribution in [1.82, 2.24) is 19.9 Å². The van der Waals surface area contributed by atoms with E-state index < -0.39 is 0 Å². The average Bonchev–Trinajstić information content (AvgIpc) is 2.96. The summed E-state index contributed by atoms with van der Waals surface area (Å²) in [5, 5.41) is 4.76. The van der Waals surface area contributed by atoms with Gasteiger partial charge in [0.05, 0.1) is 30.5 Å². The molecule has 0 unspecified atom stereocenters. The van der Waals surface area contributed by atoms with Crippen molar-refractivity contribution >= 4 is 22.3 Å². The summed E-state index contributed by atoms with van der Waals surface area (Å²) in [6.45, 7) is 6.18. The molecule has 1 aliphatic rings. The van der Waals surface area contributed by atoms with Crippen molar-refractivity contribution < 1.29 is 9.47 Å². The Balaban J connectivity index is 1.45. The first-order valence-corrected chi connectivity index (χ1v) is 13.2. The van der Waals surface area contributed by atoms with E-state index >= 15 is 0 Å². The molecule has 0 aliphatic carbocycles. The van der Waals surface area contributed by atoms with Crippen molar-refractivity contribution in [2.75, 3.05) is 45.8 Å². The number of hydrogen-bond donors (Lipinski definition) is 2. The molecule has 0 atom stereocenters. The fourth-order valence-corrected chi connectivity index (χ4v) is 5.32. The Bertz CT molecular complexity index is 1460. The number of rotatable bonds is 9. The highest BCUT2D eigenvalue weighted by molar-refractivity contribution is 5.95. The van der Waals surface area contributed by atoms with Crippen molar-refractivity contribution in [2.45, 2.75) is 32.1 Å². The number of aromatic amines is 1. The fourth-order valence-electron chi connectivity index (χ4n) is 5.32. The summed E-state index contributed by atoms with van der Waals surface area (Å²) in [4.78, 5) is 27.5. The van der Waals surface area contributed by atoms with Gasteiger partial charge in [-0.3, -0.25) is 4.79 Å². The van der Waals surface area contributed by atoms with Gasteiger partial charge in [0.1, 0.15) is 5.82 Å². The van der Waals surface area contributed by atoms with Crippen molar-refractivity contribution in [2.24, 2.45) is 0 Å². The van der Waals surface area contributed by atoms with E-state index in [-0.39, 0.29) is 5.56 Å². The maximum Gasteiger partial charge on any atom is 0.259 e. The molecule has 0 amide bonds. The second-order valence-electron chi connectivity index (χ2n) is 9.69. The lowest BCUT2D eigenvalue weighted by atomic mass is 9.85. The van der Waals surface area contributed by atoms with Gasteiger partial charge in [0.2, 0.25) is 5.88 Å². The highest BCUT2D eigenvalue weighted by Gasteiger charge is 2.22. The molecule has 1 saturated heterocycles. The summed E-state index contributed by atoms with van der Waals surface area (Å²) < 4.78 is 10.5. The van der Waals surface area contributed by atoms with Crippen LogP contribution >= 0.6 is 0 Å². The first-order chi connectivity index (χ1) is 18.6. The van der Waals surface area contributed by atoms with Crippen LogP contribution in [0.5, 0.6) is 5.88 Å². The van der Waals surface area contributed by atoms with Crippen LogP contribution in [0.25, 0.3) is 22.2 Å². The Morgan fingerprint density at radius 1 is 1.05 bits per heavy atom. The van der Waals surface area contributed by atoms with Crippen LogP contribution in [-0.2, 0) is 11.2 Å². The van der Waals surface area contributed by atoms with Crippen molar-refractivity contribution in [3.8, 4) is 17.3 Å². The van der Waals surface area contributed by atoms with Crippen LogP contribution in [0.1, 0.15) is 36.8 Å². The molecule has 5 rings (SSSR count). The number of hydrogen-bond acceptors (Lipinski definition) is 7. The molecule has 0 spiro atoms. The quantitative estimate of drug-likeness (QED) is 0.321. The SMILES string of the molecule is CCc1cc(Nc2nc(-c3cccc(OC)n3)cc3cc[nH]c(=O)c23)ccc1C1CCN(CCOC)CC1. The lowest BCUT2D eigenvalue weighted by molar-refractivity contribution is 0.130. The molecular weight excluding hydrogens is 478 g/mol. The second kappa shape index (κ2) is 11.8. The first-order valence-electron chi connectivity index (χ1n) is 13.2. The summed E-state index contributed by atoms with van der Waals surface area (Å²) in [5.74, 6) is 1.57. The number of fused-ring (bicyclic) bond motifs is 1. The summed E-state index contributed by atoms with van der Waals surface area (Å²) >= 11 is 0. The topological polar surface area (TPSA) is 92.4 Å². The number of ether oxygens (including phenoxy) is 2. The average molecular weight is 514 g/mol. The van der Waals surface area contributed by atoms with Gasteiger partial charge >= 0.3 is 0 Å². The number of methoxy groups -OCH3 is 2. The Morgan fingerprint density at radius 2 is 1.89 bits per heavy atom. The lowest BCUT2D eigenvalue weighted by Crippen LogP contribution is -2.35. The van der Waals surface area contributed by atoms with Crippen LogP contribution in [0.4, 0.5) is 11.5 Å². The number of benzene rings is 1. The largest absolute Gasteiger partial charge is 0.481 e. The molecule has 4 aromatic rings. The molecule has 1 aromatic carbocycles. The van der Waals surface area contributed by atoms with Gasteiger partial charge in [-0.05, 0) is 85.1 Å². The summed E-state index contributed by atoms with van der Waals surface area (Å²) in [7, 11) is 3.35. The van der Waals surface area contributed by atoms with E-state index in [1.165, 1.54) is 11.1 Å². The van der Waals surface area contributed by atoms with Gasteiger partial charge in [-0.2, -0.15) is 0 Å². The summed E-state index contributed by atoms with van der Waals surface area (Å²) in [6, 6.07) is 15.9. The Kier molecular flexibility index (Phi) is 8.00. The number of nitrogens with zero attached hydrogens (tertiary/aromatic N) is 3. The molecule has 2 N–H and O–H groups in total. The molecule has 4 heterocycles. The standard InChI is InChI=1S/C30H35N5O3/c1-4-20-18-23(8-9-24(20)21-11-14-35(15-12-21)16-17-37-2)32-29-28-22(10-13-31-30(28)36)19-26(34-29)25-6-5-7-27(33-25)38-3/h5-10,13,18-19,21H,4,11-12,14-17H2,1-3H3,(H,31,36)(H,32,34). The minimum atomic E-state index is -0.185. The highest BCUT2D eigenvalue weighted by Crippen LogP contribution is 2.34. The molecular formula is C30H35N5O3. The zero-order valence-corrected chi connectivity index (χ0v) is 22.3. The maximum atomic E-state index is 12.8. The van der Waals surface area contributed by atoms with Gasteiger partial charge in [0.15, 0.2) is 0 Å². The zero-order valence-electron chi connectivity index (χ0n) is 22.3. The van der Waals surface area contributed by atoms with E-state index in [1.54, 1.807) is 26.5 Å². The second-order valence-corrected chi connectivity index (χ2v) is 9.69. The molecule has 8 nitrogen and oxygen atoms in total. The maximum absolute atomic E-state index is 12.8. The number of pyridine rings is 3. The van der Waals surface area contributed by atoms with Gasteiger partial charge in [-0.15, -0.1) is 0 Å². The molecule has 3 aromatic heterocycles. The number of aromatic nitrogens is 3. The van der Waals surface area contributed by atoms with Crippen LogP contribution in [0.3, 0.4) is 0 Å². The van der Waals surface area contributed by atoms with Gasteiger partial charge in [0, 0.05) is 31.6 Å². The lowest BCUT2D eigenvalue weighted by Gasteiger charge is -2.33. The predicted octanol–water partition coefficient (Wildman–Crippen LogP) is 5.13. The molecule has 0 radical (unpaired) electrons. The van der Waals surface area contributed by atoms with Gasteiger partial charge in [-0.25, -0.2) is 9.97 Å². The number of piperidine rings is 1. The predicted molar refractivity (Wildman–Crippen MR) is 152 cm³/mol. The van der Waals surface area contributed by atoms with E-state index in [4.69, 9.17) is 14.5 Å². The number of aryl methyl sites for hydroxylation is 1. The fraction of sp³-hybridized carbons (Fsp3) is 0.367.